The number of hydrogen-bond donors (Lipinski definition) is 0. The van der Waals surface area contributed by atoms with Gasteiger partial charge in [0.15, 0.2) is 5.79 Å². The van der Waals surface area contributed by atoms with Gasteiger partial charge in [-0.2, -0.15) is 0 Å². The van der Waals surface area contributed by atoms with Crippen molar-refractivity contribution >= 4 is 24.7 Å². The molecule has 3 rings (SSSR count). The van der Waals surface area contributed by atoms with Crippen molar-refractivity contribution in [3.63, 3.8) is 0 Å². The minimum atomic E-state index is -2.65. The quantitative estimate of drug-likeness (QED) is 0.465. The minimum Gasteiger partial charge on any atom is -0.469 e. The van der Waals surface area contributed by atoms with Gasteiger partial charge in [-0.25, -0.2) is 0 Å². The molecule has 1 heterocycles. The van der Waals surface area contributed by atoms with E-state index in [1.165, 1.54) is 17.5 Å². The average molecular weight is 457 g/mol. The van der Waals surface area contributed by atoms with E-state index in [9.17, 15) is 4.79 Å². The second-order valence-electron chi connectivity index (χ2n) is 9.87. The SMILES string of the molecule is COC(=O)C[C@H]1C[C@@H](CO[Si](c2ccccc2)(c2ccccc2)C(C)(C)C)OC(C)(C)O1. The van der Waals surface area contributed by atoms with Crippen LogP contribution in [0.15, 0.2) is 60.7 Å². The summed E-state index contributed by atoms with van der Waals surface area (Å²) in [5.41, 5.74) is 0. The summed E-state index contributed by atoms with van der Waals surface area (Å²) in [5, 5.41) is 2.36. The van der Waals surface area contributed by atoms with Crippen LogP contribution >= 0.6 is 0 Å². The van der Waals surface area contributed by atoms with Gasteiger partial charge in [0.25, 0.3) is 8.32 Å². The zero-order chi connectivity index (χ0) is 23.4. The lowest BCUT2D eigenvalue weighted by atomic mass is 10.1. The molecule has 174 valence electrons. The summed E-state index contributed by atoms with van der Waals surface area (Å²) in [6, 6.07) is 21.1. The Morgan fingerprint density at radius 1 is 0.969 bits per heavy atom. The molecule has 0 bridgehead atoms. The number of rotatable bonds is 7. The first-order valence-corrected chi connectivity index (χ1v) is 13.2. The first kappa shape index (κ1) is 24.6. The maximum Gasteiger partial charge on any atom is 0.308 e. The predicted molar refractivity (Wildman–Crippen MR) is 129 cm³/mol. The van der Waals surface area contributed by atoms with E-state index in [1.54, 1.807) is 0 Å². The molecule has 0 spiro atoms. The zero-order valence-electron chi connectivity index (χ0n) is 20.1. The van der Waals surface area contributed by atoms with Crippen molar-refractivity contribution in [1.29, 1.82) is 0 Å². The van der Waals surface area contributed by atoms with Crippen LogP contribution in [0.25, 0.3) is 0 Å². The Morgan fingerprint density at radius 3 is 1.94 bits per heavy atom. The molecular weight excluding hydrogens is 420 g/mol. The van der Waals surface area contributed by atoms with E-state index >= 15 is 0 Å². The molecule has 5 nitrogen and oxygen atoms in total. The minimum absolute atomic E-state index is 0.109. The van der Waals surface area contributed by atoms with Crippen molar-refractivity contribution in [3.8, 4) is 0 Å². The van der Waals surface area contributed by atoms with Crippen LogP contribution < -0.4 is 10.4 Å². The van der Waals surface area contributed by atoms with E-state index in [2.05, 4.69) is 69.3 Å². The van der Waals surface area contributed by atoms with Crippen LogP contribution in [-0.2, 0) is 23.4 Å². The Bertz CT molecular complexity index is 837. The Hall–Kier alpha value is -1.99. The molecule has 2 aromatic rings. The topological polar surface area (TPSA) is 54.0 Å². The Balaban J connectivity index is 1.93. The van der Waals surface area contributed by atoms with Crippen molar-refractivity contribution in [1.82, 2.24) is 0 Å². The third-order valence-corrected chi connectivity index (χ3v) is 11.0. The third-order valence-electron chi connectivity index (χ3n) is 5.95. The van der Waals surface area contributed by atoms with Gasteiger partial charge in [-0.1, -0.05) is 81.4 Å². The van der Waals surface area contributed by atoms with Crippen molar-refractivity contribution in [2.45, 2.75) is 70.5 Å². The lowest BCUT2D eigenvalue weighted by Gasteiger charge is -2.45. The van der Waals surface area contributed by atoms with Crippen molar-refractivity contribution in [3.05, 3.63) is 60.7 Å². The van der Waals surface area contributed by atoms with Crippen molar-refractivity contribution in [2.24, 2.45) is 0 Å². The summed E-state index contributed by atoms with van der Waals surface area (Å²) in [4.78, 5) is 11.8. The highest BCUT2D eigenvalue weighted by atomic mass is 28.4. The number of esters is 1. The molecule has 0 saturated carbocycles. The van der Waals surface area contributed by atoms with E-state index in [0.29, 0.717) is 13.0 Å². The van der Waals surface area contributed by atoms with Crippen LogP contribution in [-0.4, -0.2) is 46.0 Å². The molecule has 2 atom stereocenters. The normalized spacial score (nSPS) is 21.2. The van der Waals surface area contributed by atoms with Gasteiger partial charge in [0.2, 0.25) is 0 Å². The summed E-state index contributed by atoms with van der Waals surface area (Å²) in [6.45, 7) is 11.0. The molecule has 1 aliphatic heterocycles. The Morgan fingerprint density at radius 2 is 1.47 bits per heavy atom. The fourth-order valence-corrected chi connectivity index (χ4v) is 9.29. The first-order valence-electron chi connectivity index (χ1n) is 11.2. The molecule has 0 aromatic heterocycles. The highest BCUT2D eigenvalue weighted by Gasteiger charge is 2.51. The highest BCUT2D eigenvalue weighted by molar-refractivity contribution is 6.99. The van der Waals surface area contributed by atoms with Gasteiger partial charge >= 0.3 is 5.97 Å². The van der Waals surface area contributed by atoms with Gasteiger partial charge in [-0.15, -0.1) is 0 Å². The van der Waals surface area contributed by atoms with Crippen molar-refractivity contribution in [2.75, 3.05) is 13.7 Å². The number of methoxy groups -OCH3 is 1. The first-order chi connectivity index (χ1) is 15.1. The molecule has 1 fully saturated rings. The summed E-state index contributed by atoms with van der Waals surface area (Å²) >= 11 is 0. The third kappa shape index (κ3) is 5.49. The Labute approximate surface area is 193 Å². The summed E-state index contributed by atoms with van der Waals surface area (Å²) in [5.74, 6) is -1.07. The van der Waals surface area contributed by atoms with Gasteiger partial charge in [0.05, 0.1) is 32.3 Å². The Kier molecular flexibility index (Phi) is 7.60. The van der Waals surface area contributed by atoms with Gasteiger partial charge in [0, 0.05) is 6.42 Å². The molecule has 0 radical (unpaired) electrons. The van der Waals surface area contributed by atoms with Crippen LogP contribution in [0.4, 0.5) is 0 Å². The van der Waals surface area contributed by atoms with Gasteiger partial charge in [-0.05, 0) is 29.3 Å². The van der Waals surface area contributed by atoms with E-state index in [-0.39, 0.29) is 29.6 Å². The molecule has 32 heavy (non-hydrogen) atoms. The number of hydrogen-bond acceptors (Lipinski definition) is 5. The van der Waals surface area contributed by atoms with Crippen LogP contribution in [0.1, 0.15) is 47.5 Å². The maximum atomic E-state index is 11.8. The number of carbonyl (C=O) groups excluding carboxylic acids is 1. The van der Waals surface area contributed by atoms with Crippen molar-refractivity contribution < 1.29 is 23.4 Å². The average Bonchev–Trinajstić information content (AvgIpc) is 2.73. The molecule has 0 N–H and O–H groups in total. The molecule has 0 unspecified atom stereocenters. The summed E-state index contributed by atoms with van der Waals surface area (Å²) in [7, 11) is -1.25. The predicted octanol–water partition coefficient (Wildman–Crippen LogP) is 4.04. The molecule has 0 amide bonds. The van der Waals surface area contributed by atoms with Gasteiger partial charge in [-0.3, -0.25) is 4.79 Å². The molecule has 2 aromatic carbocycles. The fraction of sp³-hybridized carbons (Fsp3) is 0.500. The fourth-order valence-electron chi connectivity index (χ4n) is 4.70. The summed E-state index contributed by atoms with van der Waals surface area (Å²) < 4.78 is 24.1. The second-order valence-corrected chi connectivity index (χ2v) is 14.2. The van der Waals surface area contributed by atoms with E-state index in [1.807, 2.05) is 26.0 Å². The maximum absolute atomic E-state index is 11.8. The van der Waals surface area contributed by atoms with Crippen LogP contribution in [0.2, 0.25) is 5.04 Å². The van der Waals surface area contributed by atoms with Crippen LogP contribution in [0.3, 0.4) is 0 Å². The molecule has 0 aliphatic carbocycles. The van der Waals surface area contributed by atoms with E-state index < -0.39 is 14.1 Å². The smallest absolute Gasteiger partial charge is 0.308 e. The highest BCUT2D eigenvalue weighted by Crippen LogP contribution is 2.38. The standard InChI is InChI=1S/C26H36O5Si/c1-25(2,3)32(22-13-9-7-10-14-22,23-15-11-8-12-16-23)29-19-21-17-20(18-24(27)28-6)30-26(4,5)31-21/h7-16,20-21H,17-19H2,1-6H3/t20-,21+/m1/s1. The largest absolute Gasteiger partial charge is 0.469 e. The number of carbonyl (C=O) groups is 1. The monoisotopic (exact) mass is 456 g/mol. The van der Waals surface area contributed by atoms with Crippen LogP contribution in [0, 0.1) is 0 Å². The van der Waals surface area contributed by atoms with Crippen LogP contribution in [0.5, 0.6) is 0 Å². The number of benzene rings is 2. The molecular formula is C26H36O5Si. The van der Waals surface area contributed by atoms with E-state index in [0.717, 1.165) is 0 Å². The summed E-state index contributed by atoms with van der Waals surface area (Å²) in [6.07, 6.45) is 0.337. The molecule has 1 aliphatic rings. The van der Waals surface area contributed by atoms with Gasteiger partial charge in [0.1, 0.15) is 0 Å². The number of ether oxygens (including phenoxy) is 3. The molecule has 1 saturated heterocycles. The van der Waals surface area contributed by atoms with Gasteiger partial charge < -0.3 is 18.6 Å². The van der Waals surface area contributed by atoms with E-state index in [4.69, 9.17) is 18.6 Å². The zero-order valence-corrected chi connectivity index (χ0v) is 21.1. The second kappa shape index (κ2) is 9.87. The lowest BCUT2D eigenvalue weighted by molar-refractivity contribution is -0.303. The molecule has 6 heteroatoms. The lowest BCUT2D eigenvalue weighted by Crippen LogP contribution is -2.67.